The average molecular weight is 388 g/mol. The quantitative estimate of drug-likeness (QED) is 0.594. The molecule has 5 heteroatoms. The summed E-state index contributed by atoms with van der Waals surface area (Å²) in [7, 11) is 1.36. The average Bonchev–Trinajstić information content (AvgIpc) is 2.60. The van der Waals surface area contributed by atoms with Gasteiger partial charge in [-0.05, 0) is 28.8 Å². The Morgan fingerprint density at radius 2 is 1.96 bits per heavy atom. The van der Waals surface area contributed by atoms with Crippen molar-refractivity contribution in [2.45, 2.75) is 18.4 Å². The van der Waals surface area contributed by atoms with Crippen LogP contribution in [-0.2, 0) is 23.2 Å². The van der Waals surface area contributed by atoms with E-state index < -0.39 is 0 Å². The molecule has 24 heavy (non-hydrogen) atoms. The van der Waals surface area contributed by atoms with Gasteiger partial charge in [-0.25, -0.2) is 4.79 Å². The maximum absolute atomic E-state index is 12.4. The Morgan fingerprint density at radius 3 is 2.71 bits per heavy atom. The third kappa shape index (κ3) is 3.57. The van der Waals surface area contributed by atoms with Gasteiger partial charge < -0.3 is 4.74 Å². The number of carbonyl (C=O) groups is 2. The third-order valence-electron chi connectivity index (χ3n) is 4.14. The lowest BCUT2D eigenvalue weighted by Crippen LogP contribution is -2.34. The van der Waals surface area contributed by atoms with Gasteiger partial charge >= 0.3 is 5.97 Å². The van der Waals surface area contributed by atoms with Gasteiger partial charge in [-0.2, -0.15) is 0 Å². The fourth-order valence-electron chi connectivity index (χ4n) is 3.01. The summed E-state index contributed by atoms with van der Waals surface area (Å²) >= 11 is 3.46. The SMILES string of the molecule is COC(=O)c1ccc2c(c1)CN(Cc1cccc(CBr)c1)CC2=O. The molecular weight excluding hydrogens is 370 g/mol. The zero-order valence-electron chi connectivity index (χ0n) is 13.4. The molecule has 0 aliphatic carbocycles. The molecule has 0 fully saturated rings. The van der Waals surface area contributed by atoms with Gasteiger partial charge in [-0.1, -0.05) is 46.3 Å². The molecule has 124 valence electrons. The van der Waals surface area contributed by atoms with E-state index in [1.807, 2.05) is 6.07 Å². The van der Waals surface area contributed by atoms with E-state index in [9.17, 15) is 9.59 Å². The zero-order valence-corrected chi connectivity index (χ0v) is 15.0. The van der Waals surface area contributed by atoms with E-state index in [0.717, 1.165) is 10.9 Å². The fourth-order valence-corrected chi connectivity index (χ4v) is 3.36. The summed E-state index contributed by atoms with van der Waals surface area (Å²) in [4.78, 5) is 26.2. The molecular formula is C19H18BrNO3. The number of carbonyl (C=O) groups excluding carboxylic acids is 2. The molecule has 0 spiro atoms. The third-order valence-corrected chi connectivity index (χ3v) is 4.79. The van der Waals surface area contributed by atoms with Crippen LogP contribution < -0.4 is 0 Å². The van der Waals surface area contributed by atoms with E-state index in [1.165, 1.54) is 18.2 Å². The van der Waals surface area contributed by atoms with Crippen molar-refractivity contribution in [3.63, 3.8) is 0 Å². The smallest absolute Gasteiger partial charge is 0.337 e. The van der Waals surface area contributed by atoms with Crippen molar-refractivity contribution in [1.29, 1.82) is 0 Å². The maximum atomic E-state index is 12.4. The molecule has 1 aliphatic heterocycles. The molecule has 0 unspecified atom stereocenters. The highest BCUT2D eigenvalue weighted by Crippen LogP contribution is 2.23. The molecule has 0 saturated carbocycles. The lowest BCUT2D eigenvalue weighted by Gasteiger charge is -2.28. The number of hydrogen-bond acceptors (Lipinski definition) is 4. The van der Waals surface area contributed by atoms with Crippen molar-refractivity contribution in [2.75, 3.05) is 13.7 Å². The maximum Gasteiger partial charge on any atom is 0.337 e. The molecule has 1 aliphatic rings. The van der Waals surface area contributed by atoms with Crippen molar-refractivity contribution in [2.24, 2.45) is 0 Å². The van der Waals surface area contributed by atoms with Crippen LogP contribution in [0.2, 0.25) is 0 Å². The van der Waals surface area contributed by atoms with Crippen LogP contribution in [0.15, 0.2) is 42.5 Å². The van der Waals surface area contributed by atoms with Crippen molar-refractivity contribution < 1.29 is 14.3 Å². The Labute approximate surface area is 149 Å². The van der Waals surface area contributed by atoms with Gasteiger partial charge in [0, 0.05) is 24.0 Å². The number of benzene rings is 2. The molecule has 4 nitrogen and oxygen atoms in total. The summed E-state index contributed by atoms with van der Waals surface area (Å²) < 4.78 is 4.76. The Bertz CT molecular complexity index is 788. The molecule has 1 heterocycles. The van der Waals surface area contributed by atoms with Gasteiger partial charge in [-0.3, -0.25) is 9.69 Å². The monoisotopic (exact) mass is 387 g/mol. The molecule has 2 aromatic rings. The molecule has 0 N–H and O–H groups in total. The summed E-state index contributed by atoms with van der Waals surface area (Å²) in [5.41, 5.74) is 4.45. The second-order valence-electron chi connectivity index (χ2n) is 5.89. The van der Waals surface area contributed by atoms with Gasteiger partial charge in [0.2, 0.25) is 0 Å². The van der Waals surface area contributed by atoms with E-state index in [4.69, 9.17) is 4.74 Å². The highest BCUT2D eigenvalue weighted by molar-refractivity contribution is 9.08. The van der Waals surface area contributed by atoms with Crippen molar-refractivity contribution in [1.82, 2.24) is 4.90 Å². The molecule has 0 radical (unpaired) electrons. The second-order valence-corrected chi connectivity index (χ2v) is 6.45. The van der Waals surface area contributed by atoms with E-state index in [-0.39, 0.29) is 11.8 Å². The van der Waals surface area contributed by atoms with E-state index >= 15 is 0 Å². The Hall–Kier alpha value is -1.98. The number of alkyl halides is 1. The number of hydrogen-bond donors (Lipinski definition) is 0. The number of nitrogens with zero attached hydrogens (tertiary/aromatic N) is 1. The first-order chi connectivity index (χ1) is 11.6. The lowest BCUT2D eigenvalue weighted by atomic mass is 9.96. The van der Waals surface area contributed by atoms with Gasteiger partial charge in [-0.15, -0.1) is 0 Å². The van der Waals surface area contributed by atoms with Gasteiger partial charge in [0.25, 0.3) is 0 Å². The summed E-state index contributed by atoms with van der Waals surface area (Å²) in [5.74, 6) is -0.295. The summed E-state index contributed by atoms with van der Waals surface area (Å²) in [6.45, 7) is 1.74. The fraction of sp³-hybridized carbons (Fsp3) is 0.263. The number of Topliss-reactive ketones (excluding diaryl/α,β-unsaturated/α-hetero) is 1. The zero-order chi connectivity index (χ0) is 17.1. The first-order valence-electron chi connectivity index (χ1n) is 7.71. The minimum atomic E-state index is -0.382. The van der Waals surface area contributed by atoms with Crippen LogP contribution in [0.25, 0.3) is 0 Å². The van der Waals surface area contributed by atoms with E-state index in [1.54, 1.807) is 18.2 Å². The van der Waals surface area contributed by atoms with Gasteiger partial charge in [0.05, 0.1) is 19.2 Å². The van der Waals surface area contributed by atoms with E-state index in [2.05, 4.69) is 39.0 Å². The van der Waals surface area contributed by atoms with Crippen LogP contribution in [-0.4, -0.2) is 30.3 Å². The molecule has 0 atom stereocenters. The van der Waals surface area contributed by atoms with Gasteiger partial charge in [0.1, 0.15) is 0 Å². The first-order valence-corrected chi connectivity index (χ1v) is 8.83. The highest BCUT2D eigenvalue weighted by atomic mass is 79.9. The number of fused-ring (bicyclic) bond motifs is 1. The predicted molar refractivity (Wildman–Crippen MR) is 95.3 cm³/mol. The highest BCUT2D eigenvalue weighted by Gasteiger charge is 2.24. The largest absolute Gasteiger partial charge is 0.465 e. The standard InChI is InChI=1S/C19H18BrNO3/c1-24-19(23)15-5-6-17-16(8-15)11-21(12-18(17)22)10-14-4-2-3-13(7-14)9-20/h2-8H,9-12H2,1H3. The number of halogens is 1. The number of methoxy groups -OCH3 is 1. The van der Waals surface area contributed by atoms with Crippen molar-refractivity contribution in [3.05, 3.63) is 70.3 Å². The van der Waals surface area contributed by atoms with Gasteiger partial charge in [0.15, 0.2) is 5.78 Å². The number of rotatable bonds is 4. The lowest BCUT2D eigenvalue weighted by molar-refractivity contribution is 0.0599. The first kappa shape index (κ1) is 16.9. The summed E-state index contributed by atoms with van der Waals surface area (Å²) in [6, 6.07) is 13.4. The topological polar surface area (TPSA) is 46.6 Å². The minimum absolute atomic E-state index is 0.0873. The summed E-state index contributed by atoms with van der Waals surface area (Å²) in [6.07, 6.45) is 0. The molecule has 3 rings (SSSR count). The molecule has 0 bridgehead atoms. The van der Waals surface area contributed by atoms with E-state index in [0.29, 0.717) is 30.8 Å². The van der Waals surface area contributed by atoms with Crippen LogP contribution in [0.4, 0.5) is 0 Å². The predicted octanol–water partition coefficient (Wildman–Crippen LogP) is 3.57. The Balaban J connectivity index is 1.82. The van der Waals surface area contributed by atoms with Crippen LogP contribution in [0.3, 0.4) is 0 Å². The molecule has 0 aromatic heterocycles. The number of ether oxygens (including phenoxy) is 1. The van der Waals surface area contributed by atoms with Crippen LogP contribution in [0.5, 0.6) is 0 Å². The van der Waals surface area contributed by atoms with Crippen LogP contribution in [0.1, 0.15) is 37.4 Å². The molecule has 0 saturated heterocycles. The van der Waals surface area contributed by atoms with Crippen molar-refractivity contribution >= 4 is 27.7 Å². The second kappa shape index (κ2) is 7.28. The van der Waals surface area contributed by atoms with Crippen LogP contribution >= 0.6 is 15.9 Å². The number of esters is 1. The van der Waals surface area contributed by atoms with Crippen molar-refractivity contribution in [3.8, 4) is 0 Å². The minimum Gasteiger partial charge on any atom is -0.465 e. The molecule has 0 amide bonds. The Kier molecular flexibility index (Phi) is 5.11. The summed E-state index contributed by atoms with van der Waals surface area (Å²) in [5, 5.41) is 0.811. The molecule has 2 aromatic carbocycles. The van der Waals surface area contributed by atoms with Crippen LogP contribution in [0, 0.1) is 0 Å². The normalized spacial score (nSPS) is 14.3. The Morgan fingerprint density at radius 1 is 1.17 bits per heavy atom. The number of ketones is 1.